The van der Waals surface area contributed by atoms with Gasteiger partial charge in [-0.3, -0.25) is 9.59 Å². The van der Waals surface area contributed by atoms with Crippen LogP contribution in [0.5, 0.6) is 0 Å². The van der Waals surface area contributed by atoms with Crippen LogP contribution in [0.25, 0.3) is 0 Å². The van der Waals surface area contributed by atoms with Crippen molar-refractivity contribution in [3.05, 3.63) is 65.0 Å². The molecule has 1 aliphatic heterocycles. The van der Waals surface area contributed by atoms with Crippen molar-refractivity contribution in [3.8, 4) is 0 Å². The summed E-state index contributed by atoms with van der Waals surface area (Å²) in [6.07, 6.45) is 2.67. The van der Waals surface area contributed by atoms with Crippen molar-refractivity contribution < 1.29 is 14.0 Å². The van der Waals surface area contributed by atoms with E-state index < -0.39 is 0 Å². The van der Waals surface area contributed by atoms with Crippen LogP contribution in [-0.2, 0) is 28.9 Å². The molecule has 0 spiro atoms. The lowest BCUT2D eigenvalue weighted by molar-refractivity contribution is -0.121. The van der Waals surface area contributed by atoms with E-state index in [9.17, 15) is 14.0 Å². The third-order valence-electron chi connectivity index (χ3n) is 4.38. The number of hydrogen-bond acceptors (Lipinski definition) is 2. The summed E-state index contributed by atoms with van der Waals surface area (Å²) >= 11 is 0. The highest BCUT2D eigenvalue weighted by Gasteiger charge is 2.14. The highest BCUT2D eigenvalue weighted by Crippen LogP contribution is 2.23. The molecule has 0 aliphatic carbocycles. The van der Waals surface area contributed by atoms with Gasteiger partial charge in [0.05, 0.1) is 0 Å². The highest BCUT2D eigenvalue weighted by molar-refractivity contribution is 5.93. The van der Waals surface area contributed by atoms with Crippen molar-refractivity contribution in [2.24, 2.45) is 0 Å². The van der Waals surface area contributed by atoms with Crippen LogP contribution < -0.4 is 10.6 Å². The molecule has 2 aromatic carbocycles. The second-order valence-electron chi connectivity index (χ2n) is 6.23. The van der Waals surface area contributed by atoms with Crippen molar-refractivity contribution in [3.63, 3.8) is 0 Å². The van der Waals surface area contributed by atoms with Crippen LogP contribution in [0.15, 0.2) is 42.5 Å². The first-order valence-corrected chi connectivity index (χ1v) is 8.53. The number of rotatable bonds is 6. The molecule has 0 saturated heterocycles. The Hall–Kier alpha value is -2.69. The average Bonchev–Trinajstić information content (AvgIpc) is 2.61. The van der Waals surface area contributed by atoms with Gasteiger partial charge in [0, 0.05) is 25.1 Å². The quantitative estimate of drug-likeness (QED) is 0.849. The van der Waals surface area contributed by atoms with Gasteiger partial charge in [0.1, 0.15) is 5.82 Å². The number of nitrogens with one attached hydrogen (secondary N) is 2. The number of hydrogen-bond donors (Lipinski definition) is 2. The maximum atomic E-state index is 13.5. The molecule has 0 radical (unpaired) electrons. The molecule has 1 aliphatic rings. The van der Waals surface area contributed by atoms with Crippen LogP contribution in [0.2, 0.25) is 0 Å². The molecule has 2 amide bonds. The van der Waals surface area contributed by atoms with Crippen LogP contribution in [-0.4, -0.2) is 18.4 Å². The maximum absolute atomic E-state index is 13.5. The van der Waals surface area contributed by atoms with E-state index in [0.717, 1.165) is 29.7 Å². The molecular weight excluding hydrogens is 319 g/mol. The number of anilines is 1. The molecule has 2 aromatic rings. The molecule has 130 valence electrons. The SMILES string of the molecule is O=C(CCc1ccccc1F)NCCc1ccc2c(c1)CCC(=O)N2. The van der Waals surface area contributed by atoms with Gasteiger partial charge in [0.15, 0.2) is 0 Å². The molecule has 1 heterocycles. The van der Waals surface area contributed by atoms with E-state index in [1.165, 1.54) is 6.07 Å². The fraction of sp³-hybridized carbons (Fsp3) is 0.300. The largest absolute Gasteiger partial charge is 0.356 e. The Balaban J connectivity index is 1.44. The number of amides is 2. The summed E-state index contributed by atoms with van der Waals surface area (Å²) in [5, 5.41) is 5.74. The predicted molar refractivity (Wildman–Crippen MR) is 94.8 cm³/mol. The standard InChI is InChI=1S/C20H21FN2O2/c21-17-4-2-1-3-15(17)6-9-19(24)22-12-11-14-5-8-18-16(13-14)7-10-20(25)23-18/h1-5,8,13H,6-7,9-12H2,(H,22,24)(H,23,25). The van der Waals surface area contributed by atoms with Gasteiger partial charge in [-0.15, -0.1) is 0 Å². The van der Waals surface area contributed by atoms with Crippen LogP contribution in [0.1, 0.15) is 29.5 Å². The Morgan fingerprint density at radius 1 is 1.12 bits per heavy atom. The monoisotopic (exact) mass is 340 g/mol. The summed E-state index contributed by atoms with van der Waals surface area (Å²) < 4.78 is 13.5. The average molecular weight is 340 g/mol. The van der Waals surface area contributed by atoms with Crippen LogP contribution in [0.4, 0.5) is 10.1 Å². The number of carbonyl (C=O) groups is 2. The first-order valence-electron chi connectivity index (χ1n) is 8.53. The zero-order valence-corrected chi connectivity index (χ0v) is 14.0. The second kappa shape index (κ2) is 7.92. The Labute approximate surface area is 146 Å². The Morgan fingerprint density at radius 3 is 2.80 bits per heavy atom. The number of benzene rings is 2. The molecule has 0 saturated carbocycles. The van der Waals surface area contributed by atoms with Crippen LogP contribution in [0.3, 0.4) is 0 Å². The lowest BCUT2D eigenvalue weighted by Gasteiger charge is -2.17. The molecule has 0 unspecified atom stereocenters. The minimum absolute atomic E-state index is 0.0577. The molecule has 0 aromatic heterocycles. The van der Waals surface area contributed by atoms with Gasteiger partial charge < -0.3 is 10.6 Å². The van der Waals surface area contributed by atoms with E-state index >= 15 is 0 Å². The van der Waals surface area contributed by atoms with Gasteiger partial charge in [0.2, 0.25) is 11.8 Å². The van der Waals surface area contributed by atoms with E-state index in [4.69, 9.17) is 0 Å². The first kappa shape index (κ1) is 17.1. The smallest absolute Gasteiger partial charge is 0.224 e. The topological polar surface area (TPSA) is 58.2 Å². The van der Waals surface area contributed by atoms with E-state index in [0.29, 0.717) is 24.9 Å². The van der Waals surface area contributed by atoms with Gasteiger partial charge in [-0.1, -0.05) is 30.3 Å². The molecule has 2 N–H and O–H groups in total. The maximum Gasteiger partial charge on any atom is 0.224 e. The molecule has 0 fully saturated rings. The van der Waals surface area contributed by atoms with Crippen LogP contribution >= 0.6 is 0 Å². The molecular formula is C20H21FN2O2. The summed E-state index contributed by atoms with van der Waals surface area (Å²) in [6.45, 7) is 0.543. The lowest BCUT2D eigenvalue weighted by atomic mass is 9.99. The fourth-order valence-corrected chi connectivity index (χ4v) is 2.98. The molecule has 0 bridgehead atoms. The molecule has 4 nitrogen and oxygen atoms in total. The fourth-order valence-electron chi connectivity index (χ4n) is 2.98. The minimum Gasteiger partial charge on any atom is -0.356 e. The highest BCUT2D eigenvalue weighted by atomic mass is 19.1. The number of aryl methyl sites for hydroxylation is 2. The van der Waals surface area contributed by atoms with E-state index in [1.807, 2.05) is 12.1 Å². The van der Waals surface area contributed by atoms with Crippen LogP contribution in [0, 0.1) is 5.82 Å². The predicted octanol–water partition coefficient (Wildman–Crippen LogP) is 3.00. The van der Waals surface area contributed by atoms with Gasteiger partial charge >= 0.3 is 0 Å². The molecule has 3 rings (SSSR count). The molecule has 5 heteroatoms. The first-order chi connectivity index (χ1) is 12.1. The van der Waals surface area contributed by atoms with Crippen molar-refractivity contribution in [1.82, 2.24) is 5.32 Å². The zero-order valence-electron chi connectivity index (χ0n) is 14.0. The normalized spacial score (nSPS) is 13.1. The van der Waals surface area contributed by atoms with E-state index in [-0.39, 0.29) is 24.1 Å². The van der Waals surface area contributed by atoms with E-state index in [2.05, 4.69) is 16.7 Å². The number of fused-ring (bicyclic) bond motifs is 1. The summed E-state index contributed by atoms with van der Waals surface area (Å²) in [7, 11) is 0. The zero-order chi connectivity index (χ0) is 17.6. The summed E-state index contributed by atoms with van der Waals surface area (Å²) in [4.78, 5) is 23.3. The lowest BCUT2D eigenvalue weighted by Crippen LogP contribution is -2.26. The summed E-state index contributed by atoms with van der Waals surface area (Å²) in [6, 6.07) is 12.5. The number of halogens is 1. The third-order valence-corrected chi connectivity index (χ3v) is 4.38. The molecule has 0 atom stereocenters. The molecule has 25 heavy (non-hydrogen) atoms. The van der Waals surface area contributed by atoms with Gasteiger partial charge in [-0.25, -0.2) is 4.39 Å². The van der Waals surface area contributed by atoms with Gasteiger partial charge in [-0.05, 0) is 48.1 Å². The van der Waals surface area contributed by atoms with Crippen molar-refractivity contribution in [2.75, 3.05) is 11.9 Å². The minimum atomic E-state index is -0.267. The van der Waals surface area contributed by atoms with Gasteiger partial charge in [0.25, 0.3) is 0 Å². The summed E-state index contributed by atoms with van der Waals surface area (Å²) in [5.41, 5.74) is 3.72. The third kappa shape index (κ3) is 4.66. The summed E-state index contributed by atoms with van der Waals surface area (Å²) in [5.74, 6) is -0.285. The van der Waals surface area contributed by atoms with E-state index in [1.54, 1.807) is 18.2 Å². The Bertz CT molecular complexity index is 789. The Morgan fingerprint density at radius 2 is 1.96 bits per heavy atom. The van der Waals surface area contributed by atoms with Crippen molar-refractivity contribution >= 4 is 17.5 Å². The van der Waals surface area contributed by atoms with Crippen molar-refractivity contribution in [2.45, 2.75) is 32.1 Å². The van der Waals surface area contributed by atoms with Gasteiger partial charge in [-0.2, -0.15) is 0 Å². The second-order valence-corrected chi connectivity index (χ2v) is 6.23. The Kier molecular flexibility index (Phi) is 5.43. The number of carbonyl (C=O) groups excluding carboxylic acids is 2. The van der Waals surface area contributed by atoms with Crippen molar-refractivity contribution in [1.29, 1.82) is 0 Å².